The first-order chi connectivity index (χ1) is 14.0. The first-order valence-corrected chi connectivity index (χ1v) is 9.91. The smallest absolute Gasteiger partial charge is 0.293 e. The number of halogens is 3. The van der Waals surface area contributed by atoms with Crippen molar-refractivity contribution in [3.05, 3.63) is 93.1 Å². The average molecular weight is 446 g/mol. The van der Waals surface area contributed by atoms with Crippen LogP contribution in [0.4, 0.5) is 11.4 Å². The normalized spacial score (nSPS) is 10.9. The molecule has 1 aromatic heterocycles. The van der Waals surface area contributed by atoms with Gasteiger partial charge in [-0.05, 0) is 48.0 Å². The second kappa shape index (κ2) is 8.37. The van der Waals surface area contributed by atoms with E-state index < -0.39 is 0 Å². The van der Waals surface area contributed by atoms with Crippen molar-refractivity contribution in [2.24, 2.45) is 0 Å². The van der Waals surface area contributed by atoms with Crippen LogP contribution in [0.25, 0.3) is 11.0 Å². The SMILES string of the molecule is O=C(Nc1cccc(Cl)c1)c1oc2ccccc2c1NCc1ccc(Cl)cc1Cl. The molecule has 0 radical (unpaired) electrons. The summed E-state index contributed by atoms with van der Waals surface area (Å²) in [6.45, 7) is 0.400. The average Bonchev–Trinajstić information content (AvgIpc) is 3.06. The Morgan fingerprint density at radius 1 is 0.897 bits per heavy atom. The first kappa shape index (κ1) is 19.6. The maximum absolute atomic E-state index is 12.9. The predicted molar refractivity (Wildman–Crippen MR) is 119 cm³/mol. The molecule has 146 valence electrons. The van der Waals surface area contributed by atoms with Crippen molar-refractivity contribution in [2.45, 2.75) is 6.54 Å². The second-order valence-electron chi connectivity index (χ2n) is 6.36. The summed E-state index contributed by atoms with van der Waals surface area (Å²) in [5, 5.41) is 8.54. The highest BCUT2D eigenvalue weighted by Gasteiger charge is 2.21. The molecule has 0 spiro atoms. The Labute approximate surface area is 182 Å². The Kier molecular flexibility index (Phi) is 5.67. The lowest BCUT2D eigenvalue weighted by Crippen LogP contribution is -2.13. The van der Waals surface area contributed by atoms with Crippen molar-refractivity contribution in [1.29, 1.82) is 0 Å². The monoisotopic (exact) mass is 444 g/mol. The molecular weight excluding hydrogens is 431 g/mol. The zero-order chi connectivity index (χ0) is 20.4. The van der Waals surface area contributed by atoms with Crippen molar-refractivity contribution < 1.29 is 9.21 Å². The van der Waals surface area contributed by atoms with Crippen molar-refractivity contribution >= 4 is 63.1 Å². The summed E-state index contributed by atoms with van der Waals surface area (Å²) in [5.74, 6) is -0.204. The molecule has 0 fully saturated rings. The number of benzene rings is 3. The summed E-state index contributed by atoms with van der Waals surface area (Å²) in [6.07, 6.45) is 0. The molecule has 0 saturated heterocycles. The van der Waals surface area contributed by atoms with E-state index in [0.29, 0.717) is 38.6 Å². The van der Waals surface area contributed by atoms with E-state index in [9.17, 15) is 4.79 Å². The van der Waals surface area contributed by atoms with Gasteiger partial charge in [0.25, 0.3) is 5.91 Å². The Morgan fingerprint density at radius 3 is 2.48 bits per heavy atom. The van der Waals surface area contributed by atoms with Gasteiger partial charge in [-0.1, -0.05) is 59.1 Å². The summed E-state index contributed by atoms with van der Waals surface area (Å²) in [4.78, 5) is 12.9. The van der Waals surface area contributed by atoms with Gasteiger partial charge in [0, 0.05) is 32.7 Å². The lowest BCUT2D eigenvalue weighted by atomic mass is 10.2. The summed E-state index contributed by atoms with van der Waals surface area (Å²) in [7, 11) is 0. The van der Waals surface area contributed by atoms with Crippen molar-refractivity contribution in [2.75, 3.05) is 10.6 Å². The minimum Gasteiger partial charge on any atom is -0.449 e. The highest BCUT2D eigenvalue weighted by molar-refractivity contribution is 6.35. The van der Waals surface area contributed by atoms with E-state index in [0.717, 1.165) is 10.9 Å². The van der Waals surface area contributed by atoms with Gasteiger partial charge < -0.3 is 15.1 Å². The number of carbonyl (C=O) groups excluding carboxylic acids is 1. The van der Waals surface area contributed by atoms with E-state index in [1.165, 1.54) is 0 Å². The van der Waals surface area contributed by atoms with Crippen LogP contribution in [0.5, 0.6) is 0 Å². The van der Waals surface area contributed by atoms with Gasteiger partial charge in [-0.2, -0.15) is 0 Å². The van der Waals surface area contributed by atoms with Gasteiger partial charge in [0.2, 0.25) is 5.76 Å². The van der Waals surface area contributed by atoms with Crippen LogP contribution < -0.4 is 10.6 Å². The van der Waals surface area contributed by atoms with Gasteiger partial charge in [0.1, 0.15) is 5.58 Å². The Bertz CT molecular complexity index is 1200. The summed E-state index contributed by atoms with van der Waals surface area (Å²) < 4.78 is 5.84. The number of hydrogen-bond donors (Lipinski definition) is 2. The fourth-order valence-corrected chi connectivity index (χ4v) is 3.65. The fraction of sp³-hybridized carbons (Fsp3) is 0.0455. The van der Waals surface area contributed by atoms with Crippen LogP contribution in [-0.2, 0) is 6.54 Å². The quantitative estimate of drug-likeness (QED) is 0.340. The molecule has 0 unspecified atom stereocenters. The predicted octanol–water partition coefficient (Wildman–Crippen LogP) is 7.26. The Morgan fingerprint density at radius 2 is 1.69 bits per heavy atom. The molecular formula is C22H15Cl3N2O2. The van der Waals surface area contributed by atoms with E-state index in [4.69, 9.17) is 39.2 Å². The van der Waals surface area contributed by atoms with E-state index in [2.05, 4.69) is 10.6 Å². The molecule has 0 aliphatic carbocycles. The number of carbonyl (C=O) groups is 1. The van der Waals surface area contributed by atoms with E-state index >= 15 is 0 Å². The van der Waals surface area contributed by atoms with Gasteiger partial charge in [-0.3, -0.25) is 4.79 Å². The number of furan rings is 1. The third-order valence-corrected chi connectivity index (χ3v) is 5.18. The molecule has 4 aromatic rings. The number of amides is 1. The molecule has 7 heteroatoms. The molecule has 1 amide bonds. The molecule has 3 aromatic carbocycles. The zero-order valence-corrected chi connectivity index (χ0v) is 17.3. The Balaban J connectivity index is 1.66. The van der Waals surface area contributed by atoms with Crippen LogP contribution in [0.3, 0.4) is 0 Å². The van der Waals surface area contributed by atoms with E-state index in [1.807, 2.05) is 30.3 Å². The lowest BCUT2D eigenvalue weighted by Gasteiger charge is -2.10. The molecule has 0 aliphatic heterocycles. The van der Waals surface area contributed by atoms with E-state index in [1.54, 1.807) is 36.4 Å². The lowest BCUT2D eigenvalue weighted by molar-refractivity contribution is 0.0999. The second-order valence-corrected chi connectivity index (χ2v) is 7.64. The highest BCUT2D eigenvalue weighted by Crippen LogP contribution is 2.32. The zero-order valence-electron chi connectivity index (χ0n) is 15.0. The summed E-state index contributed by atoms with van der Waals surface area (Å²) >= 11 is 18.2. The number of para-hydroxylation sites is 1. The molecule has 0 atom stereocenters. The fourth-order valence-electron chi connectivity index (χ4n) is 2.98. The van der Waals surface area contributed by atoms with Crippen molar-refractivity contribution in [3.63, 3.8) is 0 Å². The maximum Gasteiger partial charge on any atom is 0.293 e. The Hall–Kier alpha value is -2.66. The van der Waals surface area contributed by atoms with Crippen LogP contribution in [0.2, 0.25) is 15.1 Å². The molecule has 4 nitrogen and oxygen atoms in total. The number of hydrogen-bond acceptors (Lipinski definition) is 3. The molecule has 0 saturated carbocycles. The highest BCUT2D eigenvalue weighted by atomic mass is 35.5. The molecule has 1 heterocycles. The molecule has 4 rings (SSSR count). The van der Waals surface area contributed by atoms with Gasteiger partial charge in [-0.25, -0.2) is 0 Å². The minimum absolute atomic E-state index is 0.177. The third kappa shape index (κ3) is 4.35. The molecule has 2 N–H and O–H groups in total. The van der Waals surface area contributed by atoms with Crippen LogP contribution in [0.15, 0.2) is 71.1 Å². The topological polar surface area (TPSA) is 54.3 Å². The minimum atomic E-state index is -0.381. The standard InChI is InChI=1S/C22H15Cl3N2O2/c23-14-4-3-5-16(10-14)27-22(28)21-20(17-6-1-2-7-19(17)29-21)26-12-13-8-9-15(24)11-18(13)25/h1-11,26H,12H2,(H,27,28). The largest absolute Gasteiger partial charge is 0.449 e. The van der Waals surface area contributed by atoms with Crippen molar-refractivity contribution in [1.82, 2.24) is 0 Å². The van der Waals surface area contributed by atoms with Crippen molar-refractivity contribution in [3.8, 4) is 0 Å². The molecule has 29 heavy (non-hydrogen) atoms. The van der Waals surface area contributed by atoms with Crippen LogP contribution in [0, 0.1) is 0 Å². The number of nitrogens with one attached hydrogen (secondary N) is 2. The summed E-state index contributed by atoms with van der Waals surface area (Å²) in [6, 6.07) is 19.7. The number of fused-ring (bicyclic) bond motifs is 1. The van der Waals surface area contributed by atoms with Gasteiger partial charge in [0.15, 0.2) is 0 Å². The number of rotatable bonds is 5. The van der Waals surface area contributed by atoms with E-state index in [-0.39, 0.29) is 11.7 Å². The third-order valence-electron chi connectivity index (χ3n) is 4.35. The van der Waals surface area contributed by atoms with Gasteiger partial charge in [0.05, 0.1) is 5.69 Å². The van der Waals surface area contributed by atoms with Crippen LogP contribution in [-0.4, -0.2) is 5.91 Å². The maximum atomic E-state index is 12.9. The summed E-state index contributed by atoms with van der Waals surface area (Å²) in [5.41, 5.74) is 2.62. The van der Waals surface area contributed by atoms with Crippen LogP contribution >= 0.6 is 34.8 Å². The molecule has 0 bridgehead atoms. The molecule has 0 aliphatic rings. The first-order valence-electron chi connectivity index (χ1n) is 8.77. The van der Waals surface area contributed by atoms with Crippen LogP contribution in [0.1, 0.15) is 16.1 Å². The van der Waals surface area contributed by atoms with Gasteiger partial charge in [-0.15, -0.1) is 0 Å². The number of anilines is 2. The van der Waals surface area contributed by atoms with Gasteiger partial charge >= 0.3 is 0 Å².